The van der Waals surface area contributed by atoms with E-state index in [1.54, 1.807) is 24.2 Å². The number of hydrogen-bond acceptors (Lipinski definition) is 5. The standard InChI is InChI=1S/C22H19ClN4OS/c1-2-28-19-9-7-18(8-10-19)27-21(16-11-13-24-14-12-16)25-26-22(27)29-15-17-5-3-4-6-20(17)23/h3-14H,2,15H2,1H3. The molecule has 29 heavy (non-hydrogen) atoms. The third kappa shape index (κ3) is 4.44. The minimum atomic E-state index is 0.632. The van der Waals surface area contributed by atoms with Crippen LogP contribution in [0, 0.1) is 0 Å². The molecular formula is C22H19ClN4OS. The van der Waals surface area contributed by atoms with E-state index < -0.39 is 0 Å². The molecule has 0 atom stereocenters. The summed E-state index contributed by atoms with van der Waals surface area (Å²) in [6, 6.07) is 19.6. The number of ether oxygens (including phenoxy) is 1. The molecule has 4 rings (SSSR count). The molecule has 0 unspecified atom stereocenters. The molecule has 2 aromatic heterocycles. The van der Waals surface area contributed by atoms with Crippen molar-refractivity contribution in [1.82, 2.24) is 19.7 Å². The SMILES string of the molecule is CCOc1ccc(-n2c(SCc3ccccc3Cl)nnc2-c2ccncc2)cc1. The molecule has 4 aromatic rings. The average Bonchev–Trinajstić information content (AvgIpc) is 3.18. The van der Waals surface area contributed by atoms with E-state index in [-0.39, 0.29) is 0 Å². The quantitative estimate of drug-likeness (QED) is 0.359. The summed E-state index contributed by atoms with van der Waals surface area (Å²) in [4.78, 5) is 4.10. The average molecular weight is 423 g/mol. The first-order valence-electron chi connectivity index (χ1n) is 9.21. The second kappa shape index (κ2) is 9.11. The van der Waals surface area contributed by atoms with Crippen molar-refractivity contribution in [3.05, 3.63) is 83.6 Å². The highest BCUT2D eigenvalue weighted by Gasteiger charge is 2.17. The van der Waals surface area contributed by atoms with Crippen LogP contribution >= 0.6 is 23.4 Å². The van der Waals surface area contributed by atoms with Crippen LogP contribution in [0.4, 0.5) is 0 Å². The Morgan fingerprint density at radius 2 is 1.72 bits per heavy atom. The van der Waals surface area contributed by atoms with E-state index >= 15 is 0 Å². The van der Waals surface area contributed by atoms with E-state index in [0.717, 1.165) is 38.6 Å². The summed E-state index contributed by atoms with van der Waals surface area (Å²) in [6.45, 7) is 2.60. The van der Waals surface area contributed by atoms with E-state index in [0.29, 0.717) is 12.4 Å². The van der Waals surface area contributed by atoms with Gasteiger partial charge in [0.1, 0.15) is 5.75 Å². The number of hydrogen-bond donors (Lipinski definition) is 0. The predicted molar refractivity (Wildman–Crippen MR) is 117 cm³/mol. The Bertz CT molecular complexity index is 1080. The van der Waals surface area contributed by atoms with Crippen LogP contribution in [0.15, 0.2) is 78.2 Å². The molecule has 0 saturated heterocycles. The van der Waals surface area contributed by atoms with Crippen LogP contribution in [0.25, 0.3) is 17.1 Å². The normalized spacial score (nSPS) is 10.8. The van der Waals surface area contributed by atoms with Crippen molar-refractivity contribution in [3.63, 3.8) is 0 Å². The van der Waals surface area contributed by atoms with Crippen molar-refractivity contribution < 1.29 is 4.74 Å². The number of nitrogens with zero attached hydrogens (tertiary/aromatic N) is 4. The molecule has 7 heteroatoms. The minimum Gasteiger partial charge on any atom is -0.494 e. The van der Waals surface area contributed by atoms with Gasteiger partial charge >= 0.3 is 0 Å². The zero-order chi connectivity index (χ0) is 20.1. The lowest BCUT2D eigenvalue weighted by molar-refractivity contribution is 0.340. The van der Waals surface area contributed by atoms with Gasteiger partial charge in [-0.05, 0) is 55.0 Å². The molecule has 0 aliphatic heterocycles. The Morgan fingerprint density at radius 1 is 0.966 bits per heavy atom. The third-order valence-electron chi connectivity index (χ3n) is 4.29. The van der Waals surface area contributed by atoms with Gasteiger partial charge in [0.15, 0.2) is 11.0 Å². The zero-order valence-corrected chi connectivity index (χ0v) is 17.4. The van der Waals surface area contributed by atoms with Gasteiger partial charge in [-0.1, -0.05) is 41.6 Å². The Labute approximate surface area is 178 Å². The van der Waals surface area contributed by atoms with Gasteiger partial charge in [-0.3, -0.25) is 9.55 Å². The van der Waals surface area contributed by atoms with Crippen molar-refractivity contribution in [2.24, 2.45) is 0 Å². The van der Waals surface area contributed by atoms with Crippen molar-refractivity contribution in [3.8, 4) is 22.8 Å². The molecule has 0 fully saturated rings. The molecule has 0 aliphatic carbocycles. The van der Waals surface area contributed by atoms with E-state index in [2.05, 4.69) is 15.2 Å². The van der Waals surface area contributed by atoms with Gasteiger partial charge in [0.05, 0.1) is 6.61 Å². The molecule has 0 aliphatic rings. The summed E-state index contributed by atoms with van der Waals surface area (Å²) in [5, 5.41) is 10.5. The molecule has 5 nitrogen and oxygen atoms in total. The van der Waals surface area contributed by atoms with E-state index in [4.69, 9.17) is 16.3 Å². The zero-order valence-electron chi connectivity index (χ0n) is 15.8. The largest absolute Gasteiger partial charge is 0.494 e. The number of pyridine rings is 1. The van der Waals surface area contributed by atoms with Gasteiger partial charge in [-0.15, -0.1) is 10.2 Å². The number of aromatic nitrogens is 4. The maximum atomic E-state index is 6.32. The summed E-state index contributed by atoms with van der Waals surface area (Å²) in [7, 11) is 0. The fourth-order valence-corrected chi connectivity index (χ4v) is 4.14. The van der Waals surface area contributed by atoms with Crippen LogP contribution in [0.2, 0.25) is 5.02 Å². The van der Waals surface area contributed by atoms with Gasteiger partial charge in [-0.2, -0.15) is 0 Å². The van der Waals surface area contributed by atoms with Crippen LogP contribution in [-0.2, 0) is 5.75 Å². The van der Waals surface area contributed by atoms with Crippen LogP contribution < -0.4 is 4.74 Å². The Morgan fingerprint density at radius 3 is 2.45 bits per heavy atom. The summed E-state index contributed by atoms with van der Waals surface area (Å²) in [6.07, 6.45) is 3.51. The van der Waals surface area contributed by atoms with Crippen molar-refractivity contribution in [2.75, 3.05) is 6.61 Å². The molecule has 0 saturated carbocycles. The third-order valence-corrected chi connectivity index (χ3v) is 5.64. The monoisotopic (exact) mass is 422 g/mol. The number of rotatable bonds is 7. The molecule has 2 heterocycles. The number of benzene rings is 2. The molecular weight excluding hydrogens is 404 g/mol. The predicted octanol–water partition coefficient (Wildman–Crippen LogP) is 5.67. The van der Waals surface area contributed by atoms with Gasteiger partial charge in [-0.25, -0.2) is 0 Å². The summed E-state index contributed by atoms with van der Waals surface area (Å²) in [5.74, 6) is 2.30. The lowest BCUT2D eigenvalue weighted by atomic mass is 10.2. The van der Waals surface area contributed by atoms with Gasteiger partial charge in [0, 0.05) is 34.4 Å². The molecule has 0 spiro atoms. The Hall–Kier alpha value is -2.83. The first kappa shape index (κ1) is 19.5. The molecule has 0 bridgehead atoms. The molecule has 2 aromatic carbocycles. The highest BCUT2D eigenvalue weighted by molar-refractivity contribution is 7.98. The Balaban J connectivity index is 1.71. The van der Waals surface area contributed by atoms with Crippen molar-refractivity contribution in [2.45, 2.75) is 17.8 Å². The summed E-state index contributed by atoms with van der Waals surface area (Å²) < 4.78 is 7.62. The first-order chi connectivity index (χ1) is 14.3. The number of halogens is 1. The lowest BCUT2D eigenvalue weighted by Crippen LogP contribution is -2.00. The first-order valence-corrected chi connectivity index (χ1v) is 10.6. The maximum Gasteiger partial charge on any atom is 0.196 e. The van der Waals surface area contributed by atoms with Gasteiger partial charge in [0.25, 0.3) is 0 Å². The Kier molecular flexibility index (Phi) is 6.12. The van der Waals surface area contributed by atoms with Crippen molar-refractivity contribution in [1.29, 1.82) is 0 Å². The fraction of sp³-hybridized carbons (Fsp3) is 0.136. The smallest absolute Gasteiger partial charge is 0.196 e. The topological polar surface area (TPSA) is 52.8 Å². The fourth-order valence-electron chi connectivity index (χ4n) is 2.90. The van der Waals surface area contributed by atoms with Crippen LogP contribution in [0.5, 0.6) is 5.75 Å². The second-order valence-corrected chi connectivity index (χ2v) is 7.53. The maximum absolute atomic E-state index is 6.32. The minimum absolute atomic E-state index is 0.632. The highest BCUT2D eigenvalue weighted by atomic mass is 35.5. The van der Waals surface area contributed by atoms with E-state index in [1.165, 1.54) is 0 Å². The van der Waals surface area contributed by atoms with Crippen LogP contribution in [-0.4, -0.2) is 26.4 Å². The van der Waals surface area contributed by atoms with Gasteiger partial charge < -0.3 is 4.74 Å². The van der Waals surface area contributed by atoms with E-state index in [9.17, 15) is 0 Å². The van der Waals surface area contributed by atoms with Crippen LogP contribution in [0.1, 0.15) is 12.5 Å². The molecule has 0 radical (unpaired) electrons. The summed E-state index contributed by atoms with van der Waals surface area (Å²) in [5.41, 5.74) is 2.98. The lowest BCUT2D eigenvalue weighted by Gasteiger charge is -2.12. The van der Waals surface area contributed by atoms with Crippen molar-refractivity contribution >= 4 is 23.4 Å². The van der Waals surface area contributed by atoms with Crippen LogP contribution in [0.3, 0.4) is 0 Å². The summed E-state index contributed by atoms with van der Waals surface area (Å²) >= 11 is 7.92. The second-order valence-electron chi connectivity index (χ2n) is 6.18. The van der Waals surface area contributed by atoms with E-state index in [1.807, 2.05) is 72.2 Å². The highest BCUT2D eigenvalue weighted by Crippen LogP contribution is 2.31. The molecule has 0 N–H and O–H groups in total. The van der Waals surface area contributed by atoms with Gasteiger partial charge in [0.2, 0.25) is 0 Å². The molecule has 0 amide bonds. The number of thioether (sulfide) groups is 1. The molecule has 146 valence electrons.